The van der Waals surface area contributed by atoms with Gasteiger partial charge in [0.15, 0.2) is 0 Å². The van der Waals surface area contributed by atoms with Crippen LogP contribution >= 0.6 is 0 Å². The van der Waals surface area contributed by atoms with Crippen LogP contribution in [0.15, 0.2) is 0 Å². The molecule has 0 atom stereocenters. The summed E-state index contributed by atoms with van der Waals surface area (Å²) in [6, 6.07) is 0. The first-order valence-electron chi connectivity index (χ1n) is 7.00. The van der Waals surface area contributed by atoms with Crippen LogP contribution in [0, 0.1) is 0 Å². The van der Waals surface area contributed by atoms with E-state index in [0.717, 1.165) is 7.06 Å². The predicted molar refractivity (Wildman–Crippen MR) is 139 cm³/mol. The highest BCUT2D eigenvalue weighted by Gasteiger charge is 1.96. The van der Waals surface area contributed by atoms with Gasteiger partial charge in [-0.1, -0.05) is 129 Å². The molecule has 0 aliphatic heterocycles. The fourth-order valence-electron chi connectivity index (χ4n) is 0. The zero-order chi connectivity index (χ0) is 13.2. The largest absolute Gasteiger partial charge is 0.0776 e. The molecule has 0 aromatic heterocycles. The molecule has 4 saturated carbocycles. The van der Waals surface area contributed by atoms with Gasteiger partial charge in [0.2, 0.25) is 0 Å². The Morgan fingerprint density at radius 2 is 0.440 bits per heavy atom. The number of rotatable bonds is 0. The highest BCUT2D eigenvalue weighted by molar-refractivity contribution is 7.17. The van der Waals surface area contributed by atoms with E-state index in [9.17, 15) is 0 Å². The van der Waals surface area contributed by atoms with Gasteiger partial charge in [-0.3, -0.25) is 0 Å². The predicted octanol–water partition coefficient (Wildman–Crippen LogP) is 7.10. The van der Waals surface area contributed by atoms with Crippen molar-refractivity contribution in [2.24, 2.45) is 0 Å². The van der Waals surface area contributed by atoms with Crippen molar-refractivity contribution in [1.82, 2.24) is 0 Å². The molecule has 4 aliphatic rings. The second-order valence-corrected chi connectivity index (χ2v) is 4.44. The standard InChI is InChI=1S/4C3H6.7CH4.B3.B2.B.H2/c4*1-2-3-1;;;;;;;;1-3-2;1-2;;/h4*1-3H2;7*1H4;;;;1H/i;;;;;;;;;;;;;;1+2. The highest BCUT2D eigenvalue weighted by Crippen LogP contribution is 2.15. The molecule has 0 spiro atoms. The minimum Gasteiger partial charge on any atom is -0.0776 e. The quantitative estimate of drug-likeness (QED) is 0.409. The van der Waals surface area contributed by atoms with Crippen LogP contribution in [0.25, 0.3) is 0 Å². The summed E-state index contributed by atoms with van der Waals surface area (Å²) in [5, 5.41) is 0. The first kappa shape index (κ1) is 63.8. The zero-order valence-corrected chi connectivity index (χ0v) is 11.9. The van der Waals surface area contributed by atoms with Gasteiger partial charge in [-0.2, -0.15) is 0 Å². The van der Waals surface area contributed by atoms with Gasteiger partial charge in [-0.05, 0) is 0 Å². The second-order valence-electron chi connectivity index (χ2n) is 4.44. The Bertz CT molecular complexity index is 79.2. The summed E-state index contributed by atoms with van der Waals surface area (Å²) in [5.41, 5.74) is 0. The SMILES string of the molecule is C.C.C.C.C.C.C.C1CC1.C1CC1.C1CC1.C1CC1.[3HH].[B].[B][B].[B][B][B]. The molecule has 0 bridgehead atoms. The van der Waals surface area contributed by atoms with Crippen LogP contribution < -0.4 is 0 Å². The molecular weight excluding hydrogens is 293 g/mol. The molecule has 0 heterocycles. The lowest BCUT2D eigenvalue weighted by molar-refractivity contribution is 1.50. The van der Waals surface area contributed by atoms with Gasteiger partial charge >= 0.3 is 0 Å². The van der Waals surface area contributed by atoms with Gasteiger partial charge in [-0.15, -0.1) is 0 Å². The monoisotopic (exact) mass is 350 g/mol. The fraction of sp³-hybridized carbons (Fsp3) is 1.00. The van der Waals surface area contributed by atoms with E-state index in [0.29, 0.717) is 0 Å². The topological polar surface area (TPSA) is 0 Å². The Labute approximate surface area is 177 Å². The lowest BCUT2D eigenvalue weighted by Crippen LogP contribution is -1.79. The van der Waals surface area contributed by atoms with Crippen molar-refractivity contribution in [2.45, 2.75) is 129 Å². The molecule has 0 saturated heterocycles. The van der Waals surface area contributed by atoms with Crippen LogP contribution in [-0.2, 0) is 0 Å². The maximum atomic E-state index is 4.50. The van der Waals surface area contributed by atoms with Crippen LogP contribution in [0.2, 0.25) is 0 Å². The Balaban J connectivity index is -0.0000000108. The van der Waals surface area contributed by atoms with Crippen molar-refractivity contribution >= 4 is 46.4 Å². The molecule has 12 radical (unpaired) electrons. The van der Waals surface area contributed by atoms with Crippen LogP contribution in [0.4, 0.5) is 0 Å². The van der Waals surface area contributed by atoms with Crippen molar-refractivity contribution in [3.05, 3.63) is 0 Å². The van der Waals surface area contributed by atoms with Gasteiger partial charge in [0.25, 0.3) is 0 Å². The highest BCUT2D eigenvalue weighted by atomic mass is 14.0. The van der Waals surface area contributed by atoms with Crippen molar-refractivity contribution in [2.75, 3.05) is 0 Å². The molecule has 0 amide bonds. The van der Waals surface area contributed by atoms with Crippen molar-refractivity contribution in [3.63, 3.8) is 0 Å². The summed E-state index contributed by atoms with van der Waals surface area (Å²) in [7, 11) is 18.0. The van der Waals surface area contributed by atoms with E-state index in [-0.39, 0.29) is 61.8 Å². The normalized spacial score (nSPS) is 12.2. The summed E-state index contributed by atoms with van der Waals surface area (Å²) in [4.78, 5) is 0. The molecule has 6 heteroatoms. The molecule has 4 fully saturated rings. The van der Waals surface area contributed by atoms with Gasteiger partial charge in [-0.25, -0.2) is 0 Å². The Hall–Kier alpha value is 0.390. The molecule has 0 unspecified atom stereocenters. The summed E-state index contributed by atoms with van der Waals surface area (Å²) in [5.74, 6) is 0. The number of hydrogen-bond donors (Lipinski definition) is 0. The number of hydrogen-bond acceptors (Lipinski definition) is 0. The van der Waals surface area contributed by atoms with Crippen LogP contribution in [-0.4, -0.2) is 46.4 Å². The molecule has 0 N–H and O–H groups in total. The summed E-state index contributed by atoms with van der Waals surface area (Å²) >= 11 is 0. The smallest absolute Gasteiger partial charge is 0 e. The van der Waals surface area contributed by atoms with E-state index in [1.807, 2.05) is 0 Å². The lowest BCUT2D eigenvalue weighted by atomic mass is 9.40. The van der Waals surface area contributed by atoms with Gasteiger partial charge in [0.05, 0.1) is 0 Å². The average Bonchev–Trinajstić information content (AvgIpc) is 3.25. The fourth-order valence-corrected chi connectivity index (χ4v) is 0. The molecule has 0 aromatic carbocycles. The molecule has 148 valence electrons. The van der Waals surface area contributed by atoms with E-state index in [4.69, 9.17) is 0 Å². The van der Waals surface area contributed by atoms with Gasteiger partial charge < -0.3 is 0 Å². The third-order valence-electron chi connectivity index (χ3n) is 1.41. The van der Waals surface area contributed by atoms with E-state index >= 15 is 0 Å². The minimum absolute atomic E-state index is 0. The van der Waals surface area contributed by atoms with E-state index in [2.05, 4.69) is 30.9 Å². The van der Waals surface area contributed by atoms with Crippen LogP contribution in [0.1, 0.15) is 130 Å². The first-order chi connectivity index (χ1) is 8.41. The van der Waals surface area contributed by atoms with Crippen LogP contribution in [0.5, 0.6) is 0 Å². The molecule has 0 nitrogen and oxygen atoms in total. The molecule has 0 aromatic rings. The molecule has 25 heavy (non-hydrogen) atoms. The Kier molecular flexibility index (Phi) is 190. The Morgan fingerprint density at radius 1 is 0.400 bits per heavy atom. The summed E-state index contributed by atoms with van der Waals surface area (Å²) in [6.45, 7) is 0. The lowest BCUT2D eigenvalue weighted by Gasteiger charge is -1.41. The van der Waals surface area contributed by atoms with E-state index in [1.54, 1.807) is 0 Å². The van der Waals surface area contributed by atoms with Crippen LogP contribution in [0.3, 0.4) is 0 Å². The second kappa shape index (κ2) is 74.4. The third-order valence-corrected chi connectivity index (χ3v) is 1.41. The first-order valence-corrected chi connectivity index (χ1v) is 7.00. The van der Waals surface area contributed by atoms with E-state index < -0.39 is 0 Å². The van der Waals surface area contributed by atoms with Crippen molar-refractivity contribution in [1.29, 1.82) is 0 Å². The molecule has 4 aliphatic carbocycles. The average molecular weight is 350 g/mol. The molecule has 4 rings (SSSR count). The maximum Gasteiger partial charge on any atom is 0 e. The van der Waals surface area contributed by atoms with Gasteiger partial charge in [0.1, 0.15) is 0 Å². The maximum absolute atomic E-state index is 4.50. The van der Waals surface area contributed by atoms with Crippen molar-refractivity contribution < 1.29 is 1.43 Å². The third kappa shape index (κ3) is 635. The zero-order valence-electron chi connectivity index (χ0n) is 11.9. The minimum atomic E-state index is 0. The summed E-state index contributed by atoms with van der Waals surface area (Å²) < 4.78 is 0. The molecular formula is C19H54B6. The van der Waals surface area contributed by atoms with Crippen molar-refractivity contribution in [3.8, 4) is 0 Å². The van der Waals surface area contributed by atoms with Gasteiger partial charge in [0, 0.05) is 47.8 Å². The van der Waals surface area contributed by atoms with E-state index in [1.165, 1.54) is 77.0 Å². The Morgan fingerprint density at radius 3 is 0.440 bits per heavy atom. The summed E-state index contributed by atoms with van der Waals surface area (Å²) in [6.07, 6.45) is 18.0.